The molecule has 0 heterocycles. The van der Waals surface area contributed by atoms with E-state index in [1.807, 2.05) is 30.3 Å². The van der Waals surface area contributed by atoms with Gasteiger partial charge in [0.1, 0.15) is 11.8 Å². The summed E-state index contributed by atoms with van der Waals surface area (Å²) in [4.78, 5) is 27.9. The fourth-order valence-corrected chi connectivity index (χ4v) is 4.63. The van der Waals surface area contributed by atoms with Gasteiger partial charge in [0, 0.05) is 35.1 Å². The number of ether oxygens (including phenoxy) is 1. The topological polar surface area (TPSA) is 58.6 Å². The molecule has 0 saturated carbocycles. The highest BCUT2D eigenvalue weighted by Gasteiger charge is 2.30. The summed E-state index contributed by atoms with van der Waals surface area (Å²) in [6.45, 7) is -0.182. The lowest BCUT2D eigenvalue weighted by Gasteiger charge is -2.31. The molecule has 1 N–H and O–H groups in total. The van der Waals surface area contributed by atoms with Gasteiger partial charge in [-0.2, -0.15) is 0 Å². The first kappa shape index (κ1) is 26.4. The minimum absolute atomic E-state index is 0.102. The van der Waals surface area contributed by atoms with Crippen molar-refractivity contribution in [3.63, 3.8) is 0 Å². The van der Waals surface area contributed by atoms with Crippen molar-refractivity contribution in [2.24, 2.45) is 0 Å². The van der Waals surface area contributed by atoms with Crippen molar-refractivity contribution in [3.8, 4) is 5.75 Å². The predicted molar refractivity (Wildman–Crippen MR) is 140 cm³/mol. The van der Waals surface area contributed by atoms with Crippen LogP contribution in [-0.4, -0.2) is 36.4 Å². The number of rotatable bonds is 9. The molecule has 0 spiro atoms. The number of carbonyl (C=O) groups excluding carboxylic acids is 2. The van der Waals surface area contributed by atoms with Gasteiger partial charge in [-0.05, 0) is 57.4 Å². The number of amides is 2. The molecule has 3 aromatic carbocycles. The van der Waals surface area contributed by atoms with Crippen LogP contribution in [0, 0.1) is 0 Å². The van der Waals surface area contributed by atoms with Gasteiger partial charge in [-0.25, -0.2) is 0 Å². The molecule has 0 saturated heterocycles. The van der Waals surface area contributed by atoms with Crippen molar-refractivity contribution >= 4 is 62.5 Å². The zero-order valence-corrected chi connectivity index (χ0v) is 22.1. The van der Waals surface area contributed by atoms with Crippen molar-refractivity contribution in [1.82, 2.24) is 10.2 Å². The molecular formula is C25H22BrCl3N2O3. The zero-order valence-electron chi connectivity index (χ0n) is 18.2. The molecule has 178 valence electrons. The van der Waals surface area contributed by atoms with Crippen molar-refractivity contribution in [1.29, 1.82) is 0 Å². The van der Waals surface area contributed by atoms with Crippen molar-refractivity contribution in [2.75, 3.05) is 13.7 Å². The molecule has 34 heavy (non-hydrogen) atoms. The van der Waals surface area contributed by atoms with Crippen molar-refractivity contribution in [3.05, 3.63) is 97.4 Å². The minimum Gasteiger partial charge on any atom is -0.483 e. The number of carbonyl (C=O) groups is 2. The Morgan fingerprint density at radius 1 is 1.00 bits per heavy atom. The van der Waals surface area contributed by atoms with E-state index in [1.165, 1.54) is 4.90 Å². The van der Waals surface area contributed by atoms with E-state index in [0.717, 1.165) is 5.56 Å². The van der Waals surface area contributed by atoms with Gasteiger partial charge in [0.25, 0.3) is 5.91 Å². The van der Waals surface area contributed by atoms with Crippen LogP contribution in [0.1, 0.15) is 11.1 Å². The Morgan fingerprint density at radius 3 is 2.32 bits per heavy atom. The molecule has 0 bridgehead atoms. The molecule has 0 aromatic heterocycles. The lowest BCUT2D eigenvalue weighted by Crippen LogP contribution is -2.51. The van der Waals surface area contributed by atoms with Crippen molar-refractivity contribution in [2.45, 2.75) is 19.0 Å². The van der Waals surface area contributed by atoms with E-state index in [2.05, 4.69) is 21.2 Å². The van der Waals surface area contributed by atoms with E-state index in [4.69, 9.17) is 39.5 Å². The van der Waals surface area contributed by atoms with Crippen LogP contribution in [0.2, 0.25) is 15.1 Å². The number of hydrogen-bond donors (Lipinski definition) is 1. The number of likely N-dealkylation sites (N-methyl/N-ethyl adjacent to an activating group) is 1. The molecule has 0 aliphatic heterocycles. The Bertz CT molecular complexity index is 1160. The summed E-state index contributed by atoms with van der Waals surface area (Å²) < 4.78 is 6.37. The average molecular weight is 585 g/mol. The maximum absolute atomic E-state index is 13.4. The number of hydrogen-bond acceptors (Lipinski definition) is 3. The summed E-state index contributed by atoms with van der Waals surface area (Å²) in [7, 11) is 1.54. The van der Waals surface area contributed by atoms with Gasteiger partial charge in [0.05, 0.1) is 4.47 Å². The molecule has 9 heteroatoms. The van der Waals surface area contributed by atoms with E-state index in [1.54, 1.807) is 43.4 Å². The zero-order chi connectivity index (χ0) is 24.7. The second kappa shape index (κ2) is 12.5. The largest absolute Gasteiger partial charge is 0.483 e. The Balaban J connectivity index is 1.91. The Labute approximate surface area is 222 Å². The Kier molecular flexibility index (Phi) is 9.65. The second-order valence-electron chi connectivity index (χ2n) is 7.44. The maximum Gasteiger partial charge on any atom is 0.261 e. The lowest BCUT2D eigenvalue weighted by atomic mass is 10.0. The number of halogens is 4. The normalized spacial score (nSPS) is 11.6. The molecule has 3 rings (SSSR count). The summed E-state index contributed by atoms with van der Waals surface area (Å²) in [5.41, 5.74) is 1.58. The highest BCUT2D eigenvalue weighted by atomic mass is 79.9. The van der Waals surface area contributed by atoms with E-state index < -0.39 is 6.04 Å². The number of nitrogens with zero attached hydrogens (tertiary/aromatic N) is 1. The first-order valence-corrected chi connectivity index (χ1v) is 12.3. The Hall–Kier alpha value is -2.25. The molecule has 1 atom stereocenters. The van der Waals surface area contributed by atoms with Crippen LogP contribution in [0.3, 0.4) is 0 Å². The van der Waals surface area contributed by atoms with Crippen LogP contribution in [0.4, 0.5) is 0 Å². The van der Waals surface area contributed by atoms with Crippen LogP contribution in [0.15, 0.2) is 71.2 Å². The first-order chi connectivity index (χ1) is 16.3. The molecule has 5 nitrogen and oxygen atoms in total. The summed E-state index contributed by atoms with van der Waals surface area (Å²) in [6.07, 6.45) is 0.322. The monoisotopic (exact) mass is 582 g/mol. The quantitative estimate of drug-likeness (QED) is 0.327. The summed E-state index contributed by atoms with van der Waals surface area (Å²) in [6, 6.07) is 18.8. The molecule has 0 radical (unpaired) electrons. The van der Waals surface area contributed by atoms with Gasteiger partial charge < -0.3 is 15.0 Å². The van der Waals surface area contributed by atoms with Gasteiger partial charge in [0.2, 0.25) is 5.91 Å². The highest BCUT2D eigenvalue weighted by molar-refractivity contribution is 9.10. The summed E-state index contributed by atoms with van der Waals surface area (Å²) >= 11 is 21.8. The smallest absolute Gasteiger partial charge is 0.261 e. The summed E-state index contributed by atoms with van der Waals surface area (Å²) in [5.74, 6) is -0.214. The molecule has 2 amide bonds. The molecule has 0 aliphatic carbocycles. The molecule has 3 aromatic rings. The standard InChI is InChI=1S/C25H22BrCl3N2O3/c1-30-25(33)22(11-16-5-3-2-4-6-16)31(14-17-7-8-19(28)13-21(17)29)24(32)15-34-23-10-9-18(27)12-20(23)26/h2-10,12-13,22H,11,14-15H2,1H3,(H,30,33)/t22-/m0/s1. The van der Waals surface area contributed by atoms with Gasteiger partial charge in [0.15, 0.2) is 6.61 Å². The predicted octanol–water partition coefficient (Wildman–Crippen LogP) is 6.17. The third kappa shape index (κ3) is 7.12. The molecular weight excluding hydrogens is 563 g/mol. The van der Waals surface area contributed by atoms with Crippen molar-refractivity contribution < 1.29 is 14.3 Å². The van der Waals surface area contributed by atoms with E-state index in [9.17, 15) is 9.59 Å². The highest BCUT2D eigenvalue weighted by Crippen LogP contribution is 2.28. The molecule has 0 aliphatic rings. The van der Waals surface area contributed by atoms with Crippen LogP contribution in [-0.2, 0) is 22.6 Å². The van der Waals surface area contributed by atoms with E-state index in [0.29, 0.717) is 37.3 Å². The SMILES string of the molecule is CNC(=O)[C@H](Cc1ccccc1)N(Cc1ccc(Cl)cc1Cl)C(=O)COc1ccc(Cl)cc1Br. The van der Waals surface area contributed by atoms with Gasteiger partial charge in [-0.15, -0.1) is 0 Å². The third-order valence-electron chi connectivity index (χ3n) is 5.12. The first-order valence-electron chi connectivity index (χ1n) is 10.3. The van der Waals surface area contributed by atoms with E-state index >= 15 is 0 Å². The van der Waals surface area contributed by atoms with Gasteiger partial charge >= 0.3 is 0 Å². The van der Waals surface area contributed by atoms with Gasteiger partial charge in [-0.3, -0.25) is 9.59 Å². The average Bonchev–Trinajstić information content (AvgIpc) is 2.82. The van der Waals surface area contributed by atoms with Gasteiger partial charge in [-0.1, -0.05) is 71.2 Å². The fraction of sp³-hybridized carbons (Fsp3) is 0.200. The Morgan fingerprint density at radius 2 is 1.68 bits per heavy atom. The number of nitrogens with one attached hydrogen (secondary N) is 1. The van der Waals surface area contributed by atoms with E-state index in [-0.39, 0.29) is 25.0 Å². The maximum atomic E-state index is 13.4. The lowest BCUT2D eigenvalue weighted by molar-refractivity contribution is -0.142. The fourth-order valence-electron chi connectivity index (χ4n) is 3.37. The summed E-state index contributed by atoms with van der Waals surface area (Å²) in [5, 5.41) is 4.09. The van der Waals surface area contributed by atoms with Crippen LogP contribution in [0.5, 0.6) is 5.75 Å². The van der Waals surface area contributed by atoms with Crippen LogP contribution < -0.4 is 10.1 Å². The molecule has 0 unspecified atom stereocenters. The third-order valence-corrected chi connectivity index (χ3v) is 6.56. The minimum atomic E-state index is -0.788. The molecule has 0 fully saturated rings. The number of benzene rings is 3. The second-order valence-corrected chi connectivity index (χ2v) is 9.57. The van der Waals surface area contributed by atoms with Crippen LogP contribution >= 0.6 is 50.7 Å². The van der Waals surface area contributed by atoms with Crippen LogP contribution in [0.25, 0.3) is 0 Å².